The maximum absolute atomic E-state index is 13.7. The van der Waals surface area contributed by atoms with Gasteiger partial charge in [-0.05, 0) is 36.4 Å². The van der Waals surface area contributed by atoms with Crippen molar-refractivity contribution in [1.29, 1.82) is 0 Å². The Morgan fingerprint density at radius 3 is 1.25 bits per heavy atom. The quantitative estimate of drug-likeness (QED) is 0.388. The van der Waals surface area contributed by atoms with Crippen LogP contribution in [0.25, 0.3) is 0 Å². The summed E-state index contributed by atoms with van der Waals surface area (Å²) in [5.41, 5.74) is 0.305. The van der Waals surface area contributed by atoms with Crippen molar-refractivity contribution in [1.82, 2.24) is 5.09 Å². The smallest absolute Gasteiger partial charge is 0.255 e. The lowest BCUT2D eigenvalue weighted by molar-refractivity contribution is 0.0982. The van der Waals surface area contributed by atoms with Crippen LogP contribution in [0.5, 0.6) is 40.2 Å². The molecule has 0 saturated heterocycles. The molecule has 0 atom stereocenters. The summed E-state index contributed by atoms with van der Waals surface area (Å²) in [5, 5.41) is 4.47. The first-order chi connectivity index (χ1) is 17.5. The van der Waals surface area contributed by atoms with Gasteiger partial charge in [0.15, 0.2) is 11.5 Å². The Balaban J connectivity index is 2.24. The number of benzene rings is 3. The standard InChI is InChI=1S/C26H30NO8P/c1-29-17-10-8-11-18(30-2)24(17)36(25-19(31-3)12-9-13-20(25)32-4)27-26(28)16-14-21(33-5)23(35-7)22(15-16)34-6/h8-15H,1-7H3,(H,27,28). The van der Waals surface area contributed by atoms with Gasteiger partial charge in [0, 0.05) is 5.56 Å². The third-order valence-electron chi connectivity index (χ3n) is 5.39. The molecule has 3 aromatic carbocycles. The van der Waals surface area contributed by atoms with Gasteiger partial charge in [-0.25, -0.2) is 0 Å². The second-order valence-electron chi connectivity index (χ2n) is 7.21. The number of hydrogen-bond acceptors (Lipinski definition) is 8. The van der Waals surface area contributed by atoms with Crippen LogP contribution >= 0.6 is 8.07 Å². The molecular formula is C26H30NO8P. The third-order valence-corrected chi connectivity index (χ3v) is 7.59. The normalized spacial score (nSPS) is 10.4. The number of carbonyl (C=O) groups is 1. The first kappa shape index (κ1) is 26.8. The van der Waals surface area contributed by atoms with E-state index in [9.17, 15) is 4.79 Å². The monoisotopic (exact) mass is 515 g/mol. The van der Waals surface area contributed by atoms with Crippen LogP contribution in [0.15, 0.2) is 48.5 Å². The van der Waals surface area contributed by atoms with Crippen LogP contribution in [0, 0.1) is 0 Å². The Labute approximate surface area is 212 Å². The molecule has 0 aliphatic carbocycles. The molecule has 0 radical (unpaired) electrons. The van der Waals surface area contributed by atoms with E-state index in [0.717, 1.165) is 0 Å². The number of hydrogen-bond donors (Lipinski definition) is 1. The van der Waals surface area contributed by atoms with Crippen LogP contribution in [0.1, 0.15) is 10.4 Å². The topological polar surface area (TPSA) is 93.7 Å². The van der Waals surface area contributed by atoms with Gasteiger partial charge in [0.05, 0.1) is 68.4 Å². The summed E-state index contributed by atoms with van der Waals surface area (Å²) >= 11 is 0. The van der Waals surface area contributed by atoms with Gasteiger partial charge in [-0.1, -0.05) is 12.1 Å². The van der Waals surface area contributed by atoms with E-state index in [0.29, 0.717) is 56.4 Å². The van der Waals surface area contributed by atoms with E-state index >= 15 is 0 Å². The molecule has 10 heteroatoms. The maximum Gasteiger partial charge on any atom is 0.255 e. The van der Waals surface area contributed by atoms with Crippen LogP contribution in [0.2, 0.25) is 0 Å². The van der Waals surface area contributed by atoms with E-state index in [1.807, 2.05) is 12.1 Å². The minimum Gasteiger partial charge on any atom is -0.496 e. The number of amides is 1. The molecule has 3 rings (SSSR count). The Morgan fingerprint density at radius 1 is 0.583 bits per heavy atom. The number of methoxy groups -OCH3 is 7. The molecule has 3 aromatic rings. The van der Waals surface area contributed by atoms with Crippen molar-refractivity contribution in [2.75, 3.05) is 49.8 Å². The number of carbonyl (C=O) groups excluding carboxylic acids is 1. The minimum atomic E-state index is -1.67. The number of nitrogens with one attached hydrogen (secondary N) is 1. The second kappa shape index (κ2) is 12.2. The summed E-state index contributed by atoms with van der Waals surface area (Å²) in [7, 11) is 9.06. The molecule has 192 valence electrons. The molecule has 0 spiro atoms. The van der Waals surface area contributed by atoms with E-state index in [1.165, 1.54) is 21.3 Å². The minimum absolute atomic E-state index is 0.305. The van der Waals surface area contributed by atoms with Gasteiger partial charge < -0.3 is 38.2 Å². The lowest BCUT2D eigenvalue weighted by Gasteiger charge is -2.26. The molecule has 36 heavy (non-hydrogen) atoms. The van der Waals surface area contributed by atoms with E-state index < -0.39 is 8.07 Å². The summed E-state index contributed by atoms with van der Waals surface area (Å²) in [5.74, 6) is 2.87. The van der Waals surface area contributed by atoms with Crippen molar-refractivity contribution >= 4 is 24.6 Å². The Kier molecular flexibility index (Phi) is 9.08. The molecule has 0 unspecified atom stereocenters. The maximum atomic E-state index is 13.7. The number of rotatable bonds is 11. The fourth-order valence-electron chi connectivity index (χ4n) is 3.71. The van der Waals surface area contributed by atoms with Crippen molar-refractivity contribution in [3.05, 3.63) is 54.1 Å². The zero-order valence-corrected chi connectivity index (χ0v) is 22.2. The van der Waals surface area contributed by atoms with E-state index in [1.54, 1.807) is 64.8 Å². The predicted octanol–water partition coefficient (Wildman–Crippen LogP) is 3.52. The molecule has 0 aromatic heterocycles. The molecule has 0 bridgehead atoms. The largest absolute Gasteiger partial charge is 0.496 e. The van der Waals surface area contributed by atoms with Gasteiger partial charge in [-0.3, -0.25) is 4.79 Å². The van der Waals surface area contributed by atoms with Gasteiger partial charge >= 0.3 is 0 Å². The zero-order chi connectivity index (χ0) is 26.2. The van der Waals surface area contributed by atoms with Gasteiger partial charge in [0.2, 0.25) is 5.75 Å². The highest BCUT2D eigenvalue weighted by atomic mass is 31.1. The lowest BCUT2D eigenvalue weighted by atomic mass is 10.1. The average molecular weight is 515 g/mol. The molecule has 0 saturated carbocycles. The average Bonchev–Trinajstić information content (AvgIpc) is 2.93. The van der Waals surface area contributed by atoms with Crippen LogP contribution in [-0.2, 0) is 0 Å². The highest BCUT2D eigenvalue weighted by Gasteiger charge is 2.31. The fraction of sp³-hybridized carbons (Fsp3) is 0.269. The third kappa shape index (κ3) is 5.21. The van der Waals surface area contributed by atoms with E-state index in [-0.39, 0.29) is 5.91 Å². The van der Waals surface area contributed by atoms with Gasteiger partial charge in [-0.15, -0.1) is 0 Å². The molecule has 0 fully saturated rings. The highest BCUT2D eigenvalue weighted by molar-refractivity contribution is 7.72. The van der Waals surface area contributed by atoms with Crippen LogP contribution in [-0.4, -0.2) is 55.7 Å². The summed E-state index contributed by atoms with van der Waals surface area (Å²) in [4.78, 5) is 13.7. The highest BCUT2D eigenvalue weighted by Crippen LogP contribution is 2.44. The van der Waals surface area contributed by atoms with Gasteiger partial charge in [-0.2, -0.15) is 0 Å². The van der Waals surface area contributed by atoms with Gasteiger partial charge in [0.1, 0.15) is 23.0 Å². The van der Waals surface area contributed by atoms with Crippen LogP contribution in [0.4, 0.5) is 0 Å². The lowest BCUT2D eigenvalue weighted by Crippen LogP contribution is -2.31. The Hall–Kier alpha value is -3.84. The zero-order valence-electron chi connectivity index (χ0n) is 21.3. The van der Waals surface area contributed by atoms with E-state index in [4.69, 9.17) is 33.2 Å². The Morgan fingerprint density at radius 2 is 0.944 bits per heavy atom. The van der Waals surface area contributed by atoms with Crippen molar-refractivity contribution in [3.63, 3.8) is 0 Å². The van der Waals surface area contributed by atoms with Crippen molar-refractivity contribution in [2.24, 2.45) is 0 Å². The van der Waals surface area contributed by atoms with Crippen molar-refractivity contribution in [2.45, 2.75) is 0 Å². The van der Waals surface area contributed by atoms with Crippen LogP contribution in [0.3, 0.4) is 0 Å². The SMILES string of the molecule is COc1cc(C(=O)NP(c2c(OC)cccc2OC)c2c(OC)cccc2OC)cc(OC)c1OC. The van der Waals surface area contributed by atoms with Crippen molar-refractivity contribution < 1.29 is 38.0 Å². The molecule has 0 aliphatic rings. The number of ether oxygens (including phenoxy) is 7. The van der Waals surface area contributed by atoms with Crippen molar-refractivity contribution in [3.8, 4) is 40.2 Å². The van der Waals surface area contributed by atoms with E-state index in [2.05, 4.69) is 5.09 Å². The predicted molar refractivity (Wildman–Crippen MR) is 139 cm³/mol. The van der Waals surface area contributed by atoms with Gasteiger partial charge in [0.25, 0.3) is 5.91 Å². The molecule has 0 aliphatic heterocycles. The molecule has 0 heterocycles. The summed E-state index contributed by atoms with van der Waals surface area (Å²) in [6.45, 7) is 0. The molecule has 9 nitrogen and oxygen atoms in total. The summed E-state index contributed by atoms with van der Waals surface area (Å²) in [6, 6.07) is 14.0. The molecule has 1 amide bonds. The molecule has 1 N–H and O–H groups in total. The Bertz CT molecular complexity index is 1090. The fourth-order valence-corrected chi connectivity index (χ4v) is 6.03. The summed E-state index contributed by atoms with van der Waals surface area (Å²) < 4.78 is 38.9. The summed E-state index contributed by atoms with van der Waals surface area (Å²) in [6.07, 6.45) is 0. The molecular weight excluding hydrogens is 485 g/mol. The first-order valence-electron chi connectivity index (χ1n) is 10.8. The first-order valence-corrected chi connectivity index (χ1v) is 12.1. The van der Waals surface area contributed by atoms with Crippen LogP contribution < -0.4 is 48.9 Å². The second-order valence-corrected chi connectivity index (χ2v) is 9.00.